The van der Waals surface area contributed by atoms with Crippen molar-refractivity contribution >= 4 is 27.4 Å². The van der Waals surface area contributed by atoms with Crippen LogP contribution in [0.2, 0.25) is 5.02 Å². The topological polar surface area (TPSA) is 62.7 Å². The van der Waals surface area contributed by atoms with Crippen LogP contribution in [-0.2, 0) is 16.4 Å². The molecule has 4 rings (SSSR count). The molecule has 0 N–H and O–H groups in total. The van der Waals surface area contributed by atoms with Crippen molar-refractivity contribution in [3.8, 4) is 5.75 Å². The van der Waals surface area contributed by atoms with Crippen LogP contribution in [0.4, 0.5) is 5.82 Å². The summed E-state index contributed by atoms with van der Waals surface area (Å²) in [5.74, 6) is 1.49. The summed E-state index contributed by atoms with van der Waals surface area (Å²) < 4.78 is 32.8. The van der Waals surface area contributed by atoms with Crippen molar-refractivity contribution in [1.29, 1.82) is 0 Å². The van der Waals surface area contributed by atoms with Gasteiger partial charge in [0, 0.05) is 38.8 Å². The molecule has 0 spiro atoms. The third-order valence-corrected chi connectivity index (χ3v) is 6.77. The van der Waals surface area contributed by atoms with Crippen molar-refractivity contribution in [1.82, 2.24) is 9.29 Å². The molecule has 1 aromatic carbocycles. The lowest BCUT2D eigenvalue weighted by Gasteiger charge is -2.35. The van der Waals surface area contributed by atoms with Crippen molar-refractivity contribution < 1.29 is 13.2 Å². The van der Waals surface area contributed by atoms with Crippen LogP contribution < -0.4 is 9.64 Å². The molecule has 6 nitrogen and oxygen atoms in total. The lowest BCUT2D eigenvalue weighted by molar-refractivity contribution is 0.356. The van der Waals surface area contributed by atoms with Crippen molar-refractivity contribution in [3.63, 3.8) is 0 Å². The first-order valence-corrected chi connectivity index (χ1v) is 9.99. The largest absolute Gasteiger partial charge is 0.493 e. The molecule has 0 radical (unpaired) electrons. The van der Waals surface area contributed by atoms with Gasteiger partial charge >= 0.3 is 0 Å². The molecule has 132 valence electrons. The highest BCUT2D eigenvalue weighted by molar-refractivity contribution is 7.89. The van der Waals surface area contributed by atoms with Gasteiger partial charge in [0.25, 0.3) is 0 Å². The second-order valence-electron chi connectivity index (χ2n) is 6.07. The van der Waals surface area contributed by atoms with Gasteiger partial charge in [0.1, 0.15) is 11.6 Å². The number of hydrogen-bond donors (Lipinski definition) is 0. The summed E-state index contributed by atoms with van der Waals surface area (Å²) in [6, 6.07) is 8.68. The molecule has 0 saturated carbocycles. The highest BCUT2D eigenvalue weighted by Crippen LogP contribution is 2.30. The zero-order valence-electron chi connectivity index (χ0n) is 13.6. The minimum atomic E-state index is -3.50. The molecule has 0 atom stereocenters. The Morgan fingerprint density at radius 1 is 1.12 bits per heavy atom. The number of piperazine rings is 1. The number of fused-ring (bicyclic) bond motifs is 1. The highest BCUT2D eigenvalue weighted by atomic mass is 35.5. The van der Waals surface area contributed by atoms with E-state index in [-0.39, 0.29) is 0 Å². The number of ether oxygens (including phenoxy) is 1. The normalized spacial score (nSPS) is 18.0. The number of rotatable bonds is 3. The van der Waals surface area contributed by atoms with Crippen LogP contribution in [0.5, 0.6) is 5.75 Å². The molecule has 0 aliphatic carbocycles. The van der Waals surface area contributed by atoms with Crippen LogP contribution >= 0.6 is 11.6 Å². The summed E-state index contributed by atoms with van der Waals surface area (Å²) in [4.78, 5) is 6.65. The lowest BCUT2D eigenvalue weighted by Crippen LogP contribution is -2.49. The molecule has 1 fully saturated rings. The highest BCUT2D eigenvalue weighted by Gasteiger charge is 2.30. The third-order valence-electron chi connectivity index (χ3n) is 4.58. The van der Waals surface area contributed by atoms with Crippen LogP contribution in [0.1, 0.15) is 5.56 Å². The maximum Gasteiger partial charge on any atom is 0.243 e. The molecule has 0 unspecified atom stereocenters. The van der Waals surface area contributed by atoms with Gasteiger partial charge in [0.2, 0.25) is 10.0 Å². The molecule has 2 aromatic rings. The summed E-state index contributed by atoms with van der Waals surface area (Å²) in [6.07, 6.45) is 2.45. The van der Waals surface area contributed by atoms with Crippen LogP contribution in [0.15, 0.2) is 41.4 Å². The van der Waals surface area contributed by atoms with E-state index in [4.69, 9.17) is 16.3 Å². The van der Waals surface area contributed by atoms with Crippen molar-refractivity contribution in [2.75, 3.05) is 37.7 Å². The van der Waals surface area contributed by atoms with Crippen LogP contribution in [0, 0.1) is 0 Å². The Bertz CT molecular complexity index is 896. The van der Waals surface area contributed by atoms with Crippen LogP contribution in [-0.4, -0.2) is 50.5 Å². The van der Waals surface area contributed by atoms with E-state index in [0.29, 0.717) is 48.5 Å². The summed E-state index contributed by atoms with van der Waals surface area (Å²) in [5.41, 5.74) is 0.958. The fourth-order valence-electron chi connectivity index (χ4n) is 3.22. The average Bonchev–Trinajstić information content (AvgIpc) is 3.10. The summed E-state index contributed by atoms with van der Waals surface area (Å²) in [5, 5.41) is 0.581. The minimum absolute atomic E-state index is 0.334. The first-order valence-electron chi connectivity index (χ1n) is 8.17. The predicted molar refractivity (Wildman–Crippen MR) is 95.9 cm³/mol. The van der Waals surface area contributed by atoms with Gasteiger partial charge in [-0.1, -0.05) is 11.6 Å². The predicted octanol–water partition coefficient (Wildman–Crippen LogP) is 2.18. The van der Waals surface area contributed by atoms with E-state index < -0.39 is 10.0 Å². The molecule has 1 aromatic heterocycles. The smallest absolute Gasteiger partial charge is 0.243 e. The fraction of sp³-hybridized carbons (Fsp3) is 0.353. The maximum atomic E-state index is 12.9. The van der Waals surface area contributed by atoms with E-state index in [0.717, 1.165) is 17.7 Å². The molecular weight excluding hydrogens is 362 g/mol. The molecule has 0 bridgehead atoms. The Kier molecular flexibility index (Phi) is 4.31. The third kappa shape index (κ3) is 3.07. The van der Waals surface area contributed by atoms with Crippen molar-refractivity contribution in [2.45, 2.75) is 11.3 Å². The average molecular weight is 380 g/mol. The number of hydrogen-bond acceptors (Lipinski definition) is 5. The molecule has 2 aliphatic heterocycles. The van der Waals surface area contributed by atoms with E-state index in [2.05, 4.69) is 4.98 Å². The van der Waals surface area contributed by atoms with E-state index >= 15 is 0 Å². The quantitative estimate of drug-likeness (QED) is 0.818. The second kappa shape index (κ2) is 6.48. The molecule has 3 heterocycles. The lowest BCUT2D eigenvalue weighted by atomic mass is 10.2. The number of sulfonamides is 1. The Morgan fingerprint density at radius 3 is 2.68 bits per heavy atom. The van der Waals surface area contributed by atoms with Crippen LogP contribution in [0.25, 0.3) is 0 Å². The van der Waals surface area contributed by atoms with Gasteiger partial charge in [-0.05, 0) is 35.9 Å². The van der Waals surface area contributed by atoms with Gasteiger partial charge in [-0.3, -0.25) is 0 Å². The van der Waals surface area contributed by atoms with Gasteiger partial charge < -0.3 is 9.64 Å². The van der Waals surface area contributed by atoms with E-state index in [1.165, 1.54) is 4.31 Å². The molecule has 0 amide bonds. The maximum absolute atomic E-state index is 12.9. The minimum Gasteiger partial charge on any atom is -0.493 e. The monoisotopic (exact) mass is 379 g/mol. The number of aromatic nitrogens is 1. The summed E-state index contributed by atoms with van der Waals surface area (Å²) in [7, 11) is -3.50. The molecule has 8 heteroatoms. The van der Waals surface area contributed by atoms with E-state index in [1.807, 2.05) is 4.90 Å². The summed E-state index contributed by atoms with van der Waals surface area (Å²) >= 11 is 6.19. The van der Waals surface area contributed by atoms with Gasteiger partial charge in [-0.25, -0.2) is 13.4 Å². The number of pyridine rings is 1. The number of halogens is 1. The zero-order chi connectivity index (χ0) is 17.4. The SMILES string of the molecule is O=S(=O)(c1ccc2c(c1)CCO2)N1CCN(c2ncccc2Cl)CC1. The number of anilines is 1. The molecule has 1 saturated heterocycles. The Morgan fingerprint density at radius 2 is 1.92 bits per heavy atom. The second-order valence-corrected chi connectivity index (χ2v) is 8.41. The van der Waals surface area contributed by atoms with E-state index in [9.17, 15) is 8.42 Å². The number of benzene rings is 1. The van der Waals surface area contributed by atoms with E-state index in [1.54, 1.807) is 36.5 Å². The number of nitrogens with zero attached hydrogens (tertiary/aromatic N) is 3. The van der Waals surface area contributed by atoms with Crippen molar-refractivity contribution in [2.24, 2.45) is 0 Å². The Balaban J connectivity index is 1.51. The van der Waals surface area contributed by atoms with Crippen molar-refractivity contribution in [3.05, 3.63) is 47.1 Å². The van der Waals surface area contributed by atoms with Gasteiger partial charge in [-0.2, -0.15) is 4.31 Å². The first kappa shape index (κ1) is 16.6. The van der Waals surface area contributed by atoms with Gasteiger partial charge in [0.15, 0.2) is 0 Å². The van der Waals surface area contributed by atoms with Gasteiger partial charge in [-0.15, -0.1) is 0 Å². The molecule has 2 aliphatic rings. The van der Waals surface area contributed by atoms with Crippen LogP contribution in [0.3, 0.4) is 0 Å². The first-order chi connectivity index (χ1) is 12.1. The Labute approximate surface area is 152 Å². The zero-order valence-corrected chi connectivity index (χ0v) is 15.1. The molecular formula is C17H18ClN3O3S. The Hall–Kier alpha value is -1.83. The fourth-order valence-corrected chi connectivity index (χ4v) is 4.94. The summed E-state index contributed by atoms with van der Waals surface area (Å²) in [6.45, 7) is 2.54. The van der Waals surface area contributed by atoms with Gasteiger partial charge in [0.05, 0.1) is 16.5 Å². The molecule has 25 heavy (non-hydrogen) atoms. The standard InChI is InChI=1S/C17H18ClN3O3S/c18-15-2-1-6-19-17(15)20-7-9-21(10-8-20)25(22,23)14-3-4-16-13(12-14)5-11-24-16/h1-4,6,12H,5,7-11H2.